The maximum absolute atomic E-state index is 11.8. The molecule has 0 aliphatic heterocycles. The van der Waals surface area contributed by atoms with Crippen LogP contribution in [0, 0.1) is 17.8 Å². The molecule has 0 aromatic carbocycles. The molecule has 0 saturated heterocycles. The highest BCUT2D eigenvalue weighted by Crippen LogP contribution is 2.22. The highest BCUT2D eigenvalue weighted by Gasteiger charge is 2.31. The molecule has 0 bridgehead atoms. The molecule has 0 aliphatic carbocycles. The van der Waals surface area contributed by atoms with E-state index in [2.05, 4.69) is 5.32 Å². The second-order valence-corrected chi connectivity index (χ2v) is 4.84. The maximum atomic E-state index is 11.8. The first kappa shape index (κ1) is 15.9. The lowest BCUT2D eigenvalue weighted by molar-refractivity contribution is -0.150. The van der Waals surface area contributed by atoms with Crippen molar-refractivity contribution in [1.82, 2.24) is 5.32 Å². The normalized spacial score (nSPS) is 14.2. The minimum Gasteiger partial charge on any atom is -0.469 e. The second kappa shape index (κ2) is 8.09. The van der Waals surface area contributed by atoms with Gasteiger partial charge in [0.25, 0.3) is 0 Å². The van der Waals surface area contributed by atoms with Gasteiger partial charge >= 0.3 is 5.97 Å². The first-order valence-electron chi connectivity index (χ1n) is 6.29. The molecule has 0 fully saturated rings. The summed E-state index contributed by atoms with van der Waals surface area (Å²) in [5, 5.41) is 2.82. The third-order valence-corrected chi connectivity index (χ3v) is 2.80. The fourth-order valence-corrected chi connectivity index (χ4v) is 1.76. The molecule has 4 heteroatoms. The average Bonchev–Trinajstić information content (AvgIpc) is 2.30. The van der Waals surface area contributed by atoms with E-state index in [9.17, 15) is 9.59 Å². The number of hydrogen-bond donors (Lipinski definition) is 1. The molecular weight excluding hydrogens is 218 g/mol. The highest BCUT2D eigenvalue weighted by molar-refractivity contribution is 5.84. The Morgan fingerprint density at radius 2 is 1.82 bits per heavy atom. The van der Waals surface area contributed by atoms with Gasteiger partial charge in [0.15, 0.2) is 0 Å². The zero-order valence-corrected chi connectivity index (χ0v) is 11.6. The van der Waals surface area contributed by atoms with E-state index in [4.69, 9.17) is 4.74 Å². The molecule has 0 spiro atoms. The molecule has 0 radical (unpaired) electrons. The van der Waals surface area contributed by atoms with Crippen LogP contribution in [0.4, 0.5) is 0 Å². The second-order valence-electron chi connectivity index (χ2n) is 4.84. The van der Waals surface area contributed by atoms with Crippen LogP contribution < -0.4 is 5.32 Å². The zero-order valence-electron chi connectivity index (χ0n) is 11.6. The Morgan fingerprint density at radius 1 is 1.24 bits per heavy atom. The number of ether oxygens (including phenoxy) is 1. The van der Waals surface area contributed by atoms with Crippen molar-refractivity contribution in [2.24, 2.45) is 17.8 Å². The van der Waals surface area contributed by atoms with Crippen molar-refractivity contribution < 1.29 is 14.3 Å². The molecule has 0 aliphatic rings. The number of hydrogen-bond acceptors (Lipinski definition) is 3. The van der Waals surface area contributed by atoms with Crippen molar-refractivity contribution in [1.29, 1.82) is 0 Å². The van der Waals surface area contributed by atoms with Gasteiger partial charge in [0, 0.05) is 12.5 Å². The van der Waals surface area contributed by atoms with Gasteiger partial charge in [0.05, 0.1) is 13.0 Å². The van der Waals surface area contributed by atoms with Crippen LogP contribution in [0.5, 0.6) is 0 Å². The van der Waals surface area contributed by atoms with Gasteiger partial charge in [-0.05, 0) is 18.8 Å². The van der Waals surface area contributed by atoms with Crippen molar-refractivity contribution in [3.05, 3.63) is 0 Å². The molecule has 0 aromatic rings. The number of amides is 1. The molecule has 0 aromatic heterocycles. The third kappa shape index (κ3) is 5.71. The standard InChI is InChI=1S/C13H25NO3/c1-6-7-14-12(15)10(4)11(8-9(2)3)13(16)17-5/h9-11H,6-8H2,1-5H3,(H,14,15)/t10-,11-/m1/s1. The van der Waals surface area contributed by atoms with Crippen LogP contribution in [0.2, 0.25) is 0 Å². The summed E-state index contributed by atoms with van der Waals surface area (Å²) in [6.07, 6.45) is 1.57. The summed E-state index contributed by atoms with van der Waals surface area (Å²) in [4.78, 5) is 23.5. The maximum Gasteiger partial charge on any atom is 0.309 e. The molecule has 1 N–H and O–H groups in total. The first-order valence-corrected chi connectivity index (χ1v) is 6.29. The minimum atomic E-state index is -0.350. The van der Waals surface area contributed by atoms with Gasteiger partial charge in [-0.3, -0.25) is 9.59 Å². The lowest BCUT2D eigenvalue weighted by Crippen LogP contribution is -2.37. The van der Waals surface area contributed by atoms with Gasteiger partial charge < -0.3 is 10.1 Å². The van der Waals surface area contributed by atoms with Gasteiger partial charge in [-0.15, -0.1) is 0 Å². The summed E-state index contributed by atoms with van der Waals surface area (Å²) < 4.78 is 4.77. The number of nitrogens with one attached hydrogen (secondary N) is 1. The van der Waals surface area contributed by atoms with Crippen molar-refractivity contribution in [3.8, 4) is 0 Å². The fraction of sp³-hybridized carbons (Fsp3) is 0.846. The Labute approximate surface area is 104 Å². The Bertz CT molecular complexity index is 251. The fourth-order valence-electron chi connectivity index (χ4n) is 1.76. The molecular formula is C13H25NO3. The van der Waals surface area contributed by atoms with Gasteiger partial charge in [0.1, 0.15) is 0 Å². The van der Waals surface area contributed by atoms with E-state index in [0.717, 1.165) is 6.42 Å². The van der Waals surface area contributed by atoms with Crippen LogP contribution in [-0.4, -0.2) is 25.5 Å². The summed E-state index contributed by atoms with van der Waals surface area (Å²) in [7, 11) is 1.37. The summed E-state index contributed by atoms with van der Waals surface area (Å²) in [6.45, 7) is 8.50. The lowest BCUT2D eigenvalue weighted by atomic mass is 9.86. The van der Waals surface area contributed by atoms with Crippen LogP contribution >= 0.6 is 0 Å². The van der Waals surface area contributed by atoms with Gasteiger partial charge in [-0.1, -0.05) is 27.7 Å². The largest absolute Gasteiger partial charge is 0.469 e. The molecule has 100 valence electrons. The Hall–Kier alpha value is -1.06. The predicted octanol–water partition coefficient (Wildman–Crippen LogP) is 1.98. The quantitative estimate of drug-likeness (QED) is 0.696. The summed E-state index contributed by atoms with van der Waals surface area (Å²) >= 11 is 0. The summed E-state index contributed by atoms with van der Waals surface area (Å²) in [5.41, 5.74) is 0. The number of esters is 1. The smallest absolute Gasteiger partial charge is 0.309 e. The van der Waals surface area contributed by atoms with E-state index in [0.29, 0.717) is 18.9 Å². The van der Waals surface area contributed by atoms with E-state index in [1.54, 1.807) is 6.92 Å². The molecule has 2 atom stereocenters. The van der Waals surface area contributed by atoms with Crippen LogP contribution in [0.25, 0.3) is 0 Å². The van der Waals surface area contributed by atoms with E-state index in [1.807, 2.05) is 20.8 Å². The van der Waals surface area contributed by atoms with Gasteiger partial charge in [-0.25, -0.2) is 0 Å². The molecule has 1 amide bonds. The number of carbonyl (C=O) groups excluding carboxylic acids is 2. The minimum absolute atomic E-state index is 0.0668. The summed E-state index contributed by atoms with van der Waals surface area (Å²) in [5.74, 6) is -0.686. The zero-order chi connectivity index (χ0) is 13.4. The molecule has 0 rings (SSSR count). The van der Waals surface area contributed by atoms with Crippen LogP contribution in [0.3, 0.4) is 0 Å². The van der Waals surface area contributed by atoms with Crippen molar-refractivity contribution in [2.45, 2.75) is 40.5 Å². The topological polar surface area (TPSA) is 55.4 Å². The Kier molecular flexibility index (Phi) is 7.59. The molecule has 0 saturated carbocycles. The summed E-state index contributed by atoms with van der Waals surface area (Å²) in [6, 6.07) is 0. The molecule has 0 heterocycles. The molecule has 4 nitrogen and oxygen atoms in total. The third-order valence-electron chi connectivity index (χ3n) is 2.80. The van der Waals surface area contributed by atoms with E-state index in [-0.39, 0.29) is 23.7 Å². The lowest BCUT2D eigenvalue weighted by Gasteiger charge is -2.22. The average molecular weight is 243 g/mol. The van der Waals surface area contributed by atoms with E-state index in [1.165, 1.54) is 7.11 Å². The number of carbonyl (C=O) groups is 2. The molecule has 0 unspecified atom stereocenters. The van der Waals surface area contributed by atoms with Crippen molar-refractivity contribution in [3.63, 3.8) is 0 Å². The van der Waals surface area contributed by atoms with Crippen LogP contribution in [-0.2, 0) is 14.3 Å². The Balaban J connectivity index is 4.56. The van der Waals surface area contributed by atoms with Crippen molar-refractivity contribution >= 4 is 11.9 Å². The van der Waals surface area contributed by atoms with Gasteiger partial charge in [0.2, 0.25) is 5.91 Å². The predicted molar refractivity (Wildman–Crippen MR) is 67.4 cm³/mol. The number of methoxy groups -OCH3 is 1. The highest BCUT2D eigenvalue weighted by atomic mass is 16.5. The van der Waals surface area contributed by atoms with Crippen LogP contribution in [0.1, 0.15) is 40.5 Å². The van der Waals surface area contributed by atoms with E-state index < -0.39 is 0 Å². The Morgan fingerprint density at radius 3 is 2.24 bits per heavy atom. The monoisotopic (exact) mass is 243 g/mol. The van der Waals surface area contributed by atoms with Gasteiger partial charge in [-0.2, -0.15) is 0 Å². The van der Waals surface area contributed by atoms with E-state index >= 15 is 0 Å². The SMILES string of the molecule is CCCNC(=O)[C@H](C)[C@@H](CC(C)C)C(=O)OC. The van der Waals surface area contributed by atoms with Crippen LogP contribution in [0.15, 0.2) is 0 Å². The first-order chi connectivity index (χ1) is 7.93. The number of rotatable bonds is 7. The van der Waals surface area contributed by atoms with Crippen molar-refractivity contribution in [2.75, 3.05) is 13.7 Å². The molecule has 17 heavy (non-hydrogen) atoms.